The van der Waals surface area contributed by atoms with Crippen molar-refractivity contribution in [3.05, 3.63) is 42.1 Å². The Morgan fingerprint density at radius 3 is 3.16 bits per heavy atom. The van der Waals surface area contributed by atoms with E-state index in [1.807, 2.05) is 12.3 Å². The molecule has 1 saturated heterocycles. The Labute approximate surface area is 119 Å². The molecule has 0 radical (unpaired) electrons. The number of halogens is 1. The van der Waals surface area contributed by atoms with E-state index in [0.29, 0.717) is 0 Å². The van der Waals surface area contributed by atoms with Crippen LogP contribution in [0.1, 0.15) is 18.4 Å². The number of nitrogens with zero attached hydrogens (tertiary/aromatic N) is 2. The molecule has 1 aliphatic rings. The molecular formula is C16H19ClN2. The molecular weight excluding hydrogens is 256 g/mol. The van der Waals surface area contributed by atoms with E-state index in [1.54, 1.807) is 0 Å². The van der Waals surface area contributed by atoms with Gasteiger partial charge in [0.15, 0.2) is 0 Å². The highest BCUT2D eigenvalue weighted by molar-refractivity contribution is 6.17. The van der Waals surface area contributed by atoms with E-state index >= 15 is 0 Å². The van der Waals surface area contributed by atoms with Crippen molar-refractivity contribution in [3.8, 4) is 0 Å². The van der Waals surface area contributed by atoms with Crippen molar-refractivity contribution >= 4 is 22.5 Å². The average Bonchev–Trinajstić information content (AvgIpc) is 2.86. The van der Waals surface area contributed by atoms with Crippen LogP contribution in [-0.2, 0) is 6.54 Å². The van der Waals surface area contributed by atoms with Gasteiger partial charge in [-0.05, 0) is 49.1 Å². The Morgan fingerprint density at radius 2 is 2.26 bits per heavy atom. The van der Waals surface area contributed by atoms with Gasteiger partial charge in [0.25, 0.3) is 0 Å². The molecule has 0 bridgehead atoms. The second kappa shape index (κ2) is 5.89. The van der Waals surface area contributed by atoms with Crippen molar-refractivity contribution in [2.75, 3.05) is 19.0 Å². The molecule has 3 heteroatoms. The molecule has 19 heavy (non-hydrogen) atoms. The quantitative estimate of drug-likeness (QED) is 0.791. The summed E-state index contributed by atoms with van der Waals surface area (Å²) in [5.41, 5.74) is 2.46. The molecule has 0 amide bonds. The van der Waals surface area contributed by atoms with Crippen LogP contribution in [0.25, 0.3) is 10.9 Å². The molecule has 2 nitrogen and oxygen atoms in total. The molecule has 2 aromatic rings. The predicted molar refractivity (Wildman–Crippen MR) is 80.5 cm³/mol. The van der Waals surface area contributed by atoms with E-state index in [9.17, 15) is 0 Å². The van der Waals surface area contributed by atoms with E-state index in [2.05, 4.69) is 34.1 Å². The third kappa shape index (κ3) is 3.07. The molecule has 0 saturated carbocycles. The molecule has 1 unspecified atom stereocenters. The molecule has 0 N–H and O–H groups in total. The number of likely N-dealkylation sites (tertiary alicyclic amines) is 1. The van der Waals surface area contributed by atoms with Crippen molar-refractivity contribution < 1.29 is 0 Å². The van der Waals surface area contributed by atoms with Gasteiger partial charge in [0, 0.05) is 30.6 Å². The van der Waals surface area contributed by atoms with Gasteiger partial charge in [-0.25, -0.2) is 0 Å². The second-order valence-electron chi connectivity index (χ2n) is 5.40. The van der Waals surface area contributed by atoms with Crippen LogP contribution in [-0.4, -0.2) is 28.9 Å². The highest BCUT2D eigenvalue weighted by Crippen LogP contribution is 2.22. The molecule has 1 atom stereocenters. The summed E-state index contributed by atoms with van der Waals surface area (Å²) in [5.74, 6) is 1.58. The van der Waals surface area contributed by atoms with E-state index < -0.39 is 0 Å². The minimum Gasteiger partial charge on any atom is -0.299 e. The first kappa shape index (κ1) is 12.9. The number of rotatable bonds is 4. The normalized spacial score (nSPS) is 20.2. The first-order chi connectivity index (χ1) is 9.35. The minimum atomic E-state index is 0.791. The lowest BCUT2D eigenvalue weighted by Gasteiger charge is -2.16. The summed E-state index contributed by atoms with van der Waals surface area (Å²) in [6.07, 6.45) is 4.29. The van der Waals surface area contributed by atoms with Crippen LogP contribution in [0.2, 0.25) is 0 Å². The number of hydrogen-bond donors (Lipinski definition) is 0. The fraction of sp³-hybridized carbons (Fsp3) is 0.438. The lowest BCUT2D eigenvalue weighted by atomic mass is 10.1. The standard InChI is InChI=1S/C16H19ClN2/c17-7-5-13-6-9-19(11-13)12-14-3-4-16-15(10-14)2-1-8-18-16/h1-4,8,10,13H,5-7,9,11-12H2. The van der Waals surface area contributed by atoms with Crippen LogP contribution in [0.4, 0.5) is 0 Å². The van der Waals surface area contributed by atoms with Crippen molar-refractivity contribution in [3.63, 3.8) is 0 Å². The fourth-order valence-electron chi connectivity index (χ4n) is 2.93. The summed E-state index contributed by atoms with van der Waals surface area (Å²) >= 11 is 5.83. The van der Waals surface area contributed by atoms with Crippen molar-refractivity contribution in [2.45, 2.75) is 19.4 Å². The lowest BCUT2D eigenvalue weighted by molar-refractivity contribution is 0.315. The van der Waals surface area contributed by atoms with Gasteiger partial charge < -0.3 is 0 Å². The molecule has 2 heterocycles. The first-order valence-corrected chi connectivity index (χ1v) is 7.50. The molecule has 1 aromatic carbocycles. The number of benzene rings is 1. The van der Waals surface area contributed by atoms with Gasteiger partial charge in [-0.2, -0.15) is 0 Å². The van der Waals surface area contributed by atoms with Crippen molar-refractivity contribution in [2.24, 2.45) is 5.92 Å². The van der Waals surface area contributed by atoms with Gasteiger partial charge in [0.2, 0.25) is 0 Å². The van der Waals surface area contributed by atoms with E-state index in [0.717, 1.165) is 30.3 Å². The van der Waals surface area contributed by atoms with Crippen molar-refractivity contribution in [1.82, 2.24) is 9.88 Å². The zero-order chi connectivity index (χ0) is 13.1. The maximum atomic E-state index is 5.83. The van der Waals surface area contributed by atoms with Crippen molar-refractivity contribution in [1.29, 1.82) is 0 Å². The van der Waals surface area contributed by atoms with Gasteiger partial charge in [-0.3, -0.25) is 9.88 Å². The lowest BCUT2D eigenvalue weighted by Crippen LogP contribution is -2.20. The zero-order valence-corrected chi connectivity index (χ0v) is 11.8. The van der Waals surface area contributed by atoms with Gasteiger partial charge in [0.05, 0.1) is 5.52 Å². The number of aromatic nitrogens is 1. The third-order valence-corrected chi connectivity index (χ3v) is 4.18. The number of pyridine rings is 1. The minimum absolute atomic E-state index is 0.791. The summed E-state index contributed by atoms with van der Waals surface area (Å²) < 4.78 is 0. The predicted octanol–water partition coefficient (Wildman–Crippen LogP) is 3.69. The Morgan fingerprint density at radius 1 is 1.32 bits per heavy atom. The highest BCUT2D eigenvalue weighted by atomic mass is 35.5. The topological polar surface area (TPSA) is 16.1 Å². The highest BCUT2D eigenvalue weighted by Gasteiger charge is 2.21. The summed E-state index contributed by atoms with van der Waals surface area (Å²) in [4.78, 5) is 6.90. The van der Waals surface area contributed by atoms with Gasteiger partial charge in [0.1, 0.15) is 0 Å². The van der Waals surface area contributed by atoms with E-state index in [1.165, 1.54) is 30.5 Å². The molecule has 1 aromatic heterocycles. The van der Waals surface area contributed by atoms with Crippen LogP contribution in [0.5, 0.6) is 0 Å². The van der Waals surface area contributed by atoms with Gasteiger partial charge in [-0.1, -0.05) is 12.1 Å². The first-order valence-electron chi connectivity index (χ1n) is 6.97. The maximum Gasteiger partial charge on any atom is 0.0702 e. The summed E-state index contributed by atoms with van der Waals surface area (Å²) in [6.45, 7) is 3.44. The SMILES string of the molecule is ClCCC1CCN(Cc2ccc3ncccc3c2)C1. The Balaban J connectivity index is 1.68. The van der Waals surface area contributed by atoms with Crippen LogP contribution >= 0.6 is 11.6 Å². The fourth-order valence-corrected chi connectivity index (χ4v) is 3.24. The Kier molecular flexibility index (Phi) is 4.00. The Hall–Kier alpha value is -1.12. The van der Waals surface area contributed by atoms with Crippen LogP contribution in [0.15, 0.2) is 36.5 Å². The maximum absolute atomic E-state index is 5.83. The summed E-state index contributed by atoms with van der Waals surface area (Å²) in [5, 5.41) is 1.23. The second-order valence-corrected chi connectivity index (χ2v) is 5.78. The van der Waals surface area contributed by atoms with Gasteiger partial charge in [-0.15, -0.1) is 11.6 Å². The smallest absolute Gasteiger partial charge is 0.0702 e. The monoisotopic (exact) mass is 274 g/mol. The van der Waals surface area contributed by atoms with Gasteiger partial charge >= 0.3 is 0 Å². The zero-order valence-electron chi connectivity index (χ0n) is 11.1. The summed E-state index contributed by atoms with van der Waals surface area (Å²) in [7, 11) is 0. The average molecular weight is 275 g/mol. The largest absolute Gasteiger partial charge is 0.299 e. The molecule has 1 fully saturated rings. The van der Waals surface area contributed by atoms with E-state index in [-0.39, 0.29) is 0 Å². The van der Waals surface area contributed by atoms with Crippen LogP contribution in [0.3, 0.4) is 0 Å². The summed E-state index contributed by atoms with van der Waals surface area (Å²) in [6, 6.07) is 10.7. The number of fused-ring (bicyclic) bond motifs is 1. The van der Waals surface area contributed by atoms with Crippen LogP contribution in [0, 0.1) is 5.92 Å². The van der Waals surface area contributed by atoms with Crippen LogP contribution < -0.4 is 0 Å². The number of hydrogen-bond acceptors (Lipinski definition) is 2. The molecule has 0 aliphatic carbocycles. The van der Waals surface area contributed by atoms with E-state index in [4.69, 9.17) is 11.6 Å². The molecule has 3 rings (SSSR count). The number of alkyl halides is 1. The third-order valence-electron chi connectivity index (χ3n) is 3.96. The molecule has 100 valence electrons. The Bertz CT molecular complexity index is 555. The molecule has 0 spiro atoms. The molecule has 1 aliphatic heterocycles.